The monoisotopic (exact) mass is 275 g/mol. The van der Waals surface area contributed by atoms with Gasteiger partial charge in [0.25, 0.3) is 0 Å². The van der Waals surface area contributed by atoms with Gasteiger partial charge in [-0.2, -0.15) is 5.10 Å². The molecular weight excluding hydrogens is 250 g/mol. The summed E-state index contributed by atoms with van der Waals surface area (Å²) >= 11 is 0. The van der Waals surface area contributed by atoms with E-state index in [9.17, 15) is 4.79 Å². The quantitative estimate of drug-likeness (QED) is 0.849. The van der Waals surface area contributed by atoms with Crippen molar-refractivity contribution in [1.29, 1.82) is 0 Å². The third-order valence-corrected chi connectivity index (χ3v) is 5.37. The van der Waals surface area contributed by atoms with Crippen LogP contribution < -0.4 is 0 Å². The second kappa shape index (κ2) is 4.90. The van der Waals surface area contributed by atoms with Crippen LogP contribution >= 0.6 is 0 Å². The fraction of sp³-hybridized carbons (Fsp3) is 0.750. The molecule has 110 valence electrons. The van der Waals surface area contributed by atoms with Crippen molar-refractivity contribution >= 4 is 5.91 Å². The highest BCUT2D eigenvalue weighted by atomic mass is 16.2. The van der Waals surface area contributed by atoms with Crippen LogP contribution in [0.5, 0.6) is 0 Å². The number of hydrogen-bond donors (Lipinski definition) is 0. The standard InChI is InChI=1S/C16H25N3O/c1-10-14(11(2)19(4)17-10)9-18(3)16(20)15-12-7-5-6-8-13(12)15/h12-13,15H,5-9H2,1-4H3/t12-,13-/m0/s1. The number of carbonyl (C=O) groups excluding carboxylic acids is 1. The number of aryl methyl sites for hydroxylation is 2. The molecule has 3 rings (SSSR count). The van der Waals surface area contributed by atoms with Crippen LogP contribution in [-0.4, -0.2) is 27.6 Å². The van der Waals surface area contributed by atoms with E-state index in [2.05, 4.69) is 12.0 Å². The zero-order chi connectivity index (χ0) is 14.4. The molecule has 0 spiro atoms. The normalized spacial score (nSPS) is 28.1. The average Bonchev–Trinajstić information content (AvgIpc) is 3.11. The van der Waals surface area contributed by atoms with Gasteiger partial charge in [-0.15, -0.1) is 0 Å². The second-order valence-corrected chi connectivity index (χ2v) is 6.61. The van der Waals surface area contributed by atoms with Gasteiger partial charge in [-0.1, -0.05) is 12.8 Å². The molecule has 0 bridgehead atoms. The van der Waals surface area contributed by atoms with Crippen LogP contribution in [0.1, 0.15) is 42.6 Å². The van der Waals surface area contributed by atoms with Gasteiger partial charge in [-0.25, -0.2) is 0 Å². The molecule has 0 N–H and O–H groups in total. The fourth-order valence-corrected chi connectivity index (χ4v) is 3.97. The molecule has 0 aliphatic heterocycles. The molecular formula is C16H25N3O. The first-order chi connectivity index (χ1) is 9.50. The summed E-state index contributed by atoms with van der Waals surface area (Å²) in [4.78, 5) is 14.5. The summed E-state index contributed by atoms with van der Waals surface area (Å²) in [5.41, 5.74) is 3.40. The Morgan fingerprint density at radius 1 is 1.30 bits per heavy atom. The minimum absolute atomic E-state index is 0.319. The molecule has 1 aromatic heterocycles. The number of nitrogens with zero attached hydrogens (tertiary/aromatic N) is 3. The van der Waals surface area contributed by atoms with E-state index in [4.69, 9.17) is 0 Å². The highest BCUT2D eigenvalue weighted by Crippen LogP contribution is 2.56. The van der Waals surface area contributed by atoms with Crippen LogP contribution in [0.2, 0.25) is 0 Å². The summed E-state index contributed by atoms with van der Waals surface area (Å²) in [5, 5.41) is 4.43. The molecule has 2 aliphatic carbocycles. The molecule has 2 fully saturated rings. The highest BCUT2D eigenvalue weighted by molar-refractivity contribution is 5.82. The number of amides is 1. The highest BCUT2D eigenvalue weighted by Gasteiger charge is 2.55. The van der Waals surface area contributed by atoms with Crippen LogP contribution in [0.15, 0.2) is 0 Å². The maximum Gasteiger partial charge on any atom is 0.226 e. The van der Waals surface area contributed by atoms with Crippen molar-refractivity contribution in [2.45, 2.75) is 46.1 Å². The third-order valence-electron chi connectivity index (χ3n) is 5.37. The van der Waals surface area contributed by atoms with E-state index in [1.807, 2.05) is 30.6 Å². The first kappa shape index (κ1) is 13.7. The van der Waals surface area contributed by atoms with Gasteiger partial charge in [0, 0.05) is 37.8 Å². The van der Waals surface area contributed by atoms with Crippen LogP contribution in [0, 0.1) is 31.6 Å². The van der Waals surface area contributed by atoms with Crippen molar-refractivity contribution in [1.82, 2.24) is 14.7 Å². The van der Waals surface area contributed by atoms with Gasteiger partial charge in [0.2, 0.25) is 5.91 Å². The van der Waals surface area contributed by atoms with Crippen molar-refractivity contribution in [3.8, 4) is 0 Å². The summed E-state index contributed by atoms with van der Waals surface area (Å²) in [6.07, 6.45) is 5.16. The summed E-state index contributed by atoms with van der Waals surface area (Å²) in [6, 6.07) is 0. The maximum absolute atomic E-state index is 12.6. The first-order valence-electron chi connectivity index (χ1n) is 7.74. The van der Waals surface area contributed by atoms with Gasteiger partial charge >= 0.3 is 0 Å². The van der Waals surface area contributed by atoms with Crippen molar-refractivity contribution in [3.05, 3.63) is 17.0 Å². The van der Waals surface area contributed by atoms with Crippen LogP contribution in [-0.2, 0) is 18.4 Å². The molecule has 4 nitrogen and oxygen atoms in total. The van der Waals surface area contributed by atoms with E-state index in [0.717, 1.165) is 11.4 Å². The Bertz CT molecular complexity index is 522. The number of carbonyl (C=O) groups is 1. The Hall–Kier alpha value is -1.32. The molecule has 1 amide bonds. The molecule has 0 saturated heterocycles. The van der Waals surface area contributed by atoms with E-state index in [1.165, 1.54) is 31.2 Å². The second-order valence-electron chi connectivity index (χ2n) is 6.61. The van der Waals surface area contributed by atoms with Crippen molar-refractivity contribution in [3.63, 3.8) is 0 Å². The Morgan fingerprint density at radius 3 is 2.40 bits per heavy atom. The summed E-state index contributed by atoms with van der Waals surface area (Å²) in [6.45, 7) is 4.79. The first-order valence-corrected chi connectivity index (χ1v) is 7.74. The predicted octanol–water partition coefficient (Wildman–Crippen LogP) is 2.43. The molecule has 0 aromatic carbocycles. The number of aromatic nitrogens is 2. The van der Waals surface area contributed by atoms with Crippen molar-refractivity contribution in [2.24, 2.45) is 24.8 Å². The third kappa shape index (κ3) is 2.15. The lowest BCUT2D eigenvalue weighted by Gasteiger charge is -2.18. The molecule has 1 aromatic rings. The summed E-state index contributed by atoms with van der Waals surface area (Å²) in [7, 11) is 3.90. The SMILES string of the molecule is Cc1nn(C)c(C)c1CN(C)C(=O)C1[C@H]2CCCC[C@H]12. The zero-order valence-corrected chi connectivity index (χ0v) is 13.0. The van der Waals surface area contributed by atoms with E-state index in [0.29, 0.717) is 30.2 Å². The predicted molar refractivity (Wildman–Crippen MR) is 78.1 cm³/mol. The number of hydrogen-bond acceptors (Lipinski definition) is 2. The van der Waals surface area contributed by atoms with Gasteiger partial charge in [0.15, 0.2) is 0 Å². The lowest BCUT2D eigenvalue weighted by molar-refractivity contribution is -0.132. The average molecular weight is 275 g/mol. The molecule has 0 unspecified atom stereocenters. The molecule has 2 atom stereocenters. The lowest BCUT2D eigenvalue weighted by atomic mass is 10.0. The van der Waals surface area contributed by atoms with Crippen LogP contribution in [0.25, 0.3) is 0 Å². The topological polar surface area (TPSA) is 38.1 Å². The minimum Gasteiger partial charge on any atom is -0.341 e. The molecule has 4 heteroatoms. The van der Waals surface area contributed by atoms with Crippen molar-refractivity contribution < 1.29 is 4.79 Å². The van der Waals surface area contributed by atoms with Crippen molar-refractivity contribution in [2.75, 3.05) is 7.05 Å². The zero-order valence-electron chi connectivity index (χ0n) is 13.0. The Labute approximate surface area is 121 Å². The smallest absolute Gasteiger partial charge is 0.226 e. The van der Waals surface area contributed by atoms with Gasteiger partial charge in [-0.3, -0.25) is 9.48 Å². The molecule has 2 aliphatic rings. The van der Waals surface area contributed by atoms with Gasteiger partial charge in [0.05, 0.1) is 5.69 Å². The summed E-state index contributed by atoms with van der Waals surface area (Å²) in [5.74, 6) is 2.05. The Balaban J connectivity index is 1.67. The molecule has 0 radical (unpaired) electrons. The number of rotatable bonds is 3. The lowest BCUT2D eigenvalue weighted by Crippen LogP contribution is -2.29. The summed E-state index contributed by atoms with van der Waals surface area (Å²) < 4.78 is 1.90. The van der Waals surface area contributed by atoms with Crippen LogP contribution in [0.4, 0.5) is 0 Å². The van der Waals surface area contributed by atoms with Gasteiger partial charge < -0.3 is 4.90 Å². The van der Waals surface area contributed by atoms with Crippen LogP contribution in [0.3, 0.4) is 0 Å². The minimum atomic E-state index is 0.319. The van der Waals surface area contributed by atoms with E-state index in [1.54, 1.807) is 0 Å². The van der Waals surface area contributed by atoms with E-state index >= 15 is 0 Å². The molecule has 20 heavy (non-hydrogen) atoms. The van der Waals surface area contributed by atoms with E-state index < -0.39 is 0 Å². The number of fused-ring (bicyclic) bond motifs is 1. The Morgan fingerprint density at radius 2 is 1.90 bits per heavy atom. The van der Waals surface area contributed by atoms with E-state index in [-0.39, 0.29) is 0 Å². The molecule has 2 saturated carbocycles. The van der Waals surface area contributed by atoms with Gasteiger partial charge in [0.1, 0.15) is 0 Å². The maximum atomic E-state index is 12.6. The Kier molecular flexibility index (Phi) is 3.35. The van der Waals surface area contributed by atoms with Gasteiger partial charge in [-0.05, 0) is 38.5 Å². The largest absolute Gasteiger partial charge is 0.341 e. The molecule has 1 heterocycles. The fourth-order valence-electron chi connectivity index (χ4n) is 3.97.